The van der Waals surface area contributed by atoms with Gasteiger partial charge in [-0.25, -0.2) is 9.78 Å². The summed E-state index contributed by atoms with van der Waals surface area (Å²) in [6.07, 6.45) is 0.891. The zero-order valence-electron chi connectivity index (χ0n) is 7.94. The minimum Gasteiger partial charge on any atom is -0.477 e. The van der Waals surface area contributed by atoms with Crippen molar-refractivity contribution >= 4 is 27.7 Å². The zero-order valence-corrected chi connectivity index (χ0v) is 8.76. The number of fused-ring (bicyclic) bond motifs is 1. The van der Waals surface area contributed by atoms with Crippen LogP contribution in [0.25, 0.3) is 10.3 Å². The van der Waals surface area contributed by atoms with E-state index in [0.717, 1.165) is 21.8 Å². The number of carboxylic acid groups (broad SMARTS) is 1. The minimum atomic E-state index is -0.907. The van der Waals surface area contributed by atoms with Crippen LogP contribution in [0.3, 0.4) is 0 Å². The van der Waals surface area contributed by atoms with Crippen molar-refractivity contribution in [2.45, 2.75) is 13.3 Å². The van der Waals surface area contributed by atoms with Crippen LogP contribution in [0.15, 0.2) is 6.07 Å². The maximum atomic E-state index is 10.8. The van der Waals surface area contributed by atoms with E-state index in [-0.39, 0.29) is 0 Å². The summed E-state index contributed by atoms with van der Waals surface area (Å²) in [6.45, 7) is 2.04. The largest absolute Gasteiger partial charge is 0.477 e. The zero-order chi connectivity index (χ0) is 10.3. The summed E-state index contributed by atoms with van der Waals surface area (Å²) in [4.78, 5) is 15.2. The normalized spacial score (nSPS) is 11.0. The average molecular weight is 210 g/mol. The van der Waals surface area contributed by atoms with Crippen molar-refractivity contribution in [3.05, 3.63) is 16.8 Å². The molecule has 0 aromatic carbocycles. The van der Waals surface area contributed by atoms with Gasteiger partial charge in [0.25, 0.3) is 0 Å². The fourth-order valence-electron chi connectivity index (χ4n) is 1.39. The van der Waals surface area contributed by atoms with Crippen molar-refractivity contribution in [2.75, 3.05) is 0 Å². The molecule has 0 saturated carbocycles. The highest BCUT2D eigenvalue weighted by atomic mass is 32.1. The first-order valence-electron chi connectivity index (χ1n) is 4.32. The molecule has 2 aromatic heterocycles. The second-order valence-corrected chi connectivity index (χ2v) is 4.16. The predicted octanol–water partition coefficient (Wildman–Crippen LogP) is 1.90. The van der Waals surface area contributed by atoms with E-state index < -0.39 is 5.97 Å². The van der Waals surface area contributed by atoms with Crippen LogP contribution in [-0.2, 0) is 13.5 Å². The average Bonchev–Trinajstić information content (AvgIpc) is 2.65. The molecule has 0 atom stereocenters. The molecule has 1 N–H and O–H groups in total. The number of carboxylic acids is 1. The summed E-state index contributed by atoms with van der Waals surface area (Å²) in [5.74, 6) is -0.907. The van der Waals surface area contributed by atoms with Crippen molar-refractivity contribution in [1.29, 1.82) is 0 Å². The molecule has 2 aromatic rings. The van der Waals surface area contributed by atoms with Crippen LogP contribution >= 0.6 is 11.3 Å². The van der Waals surface area contributed by atoms with Crippen LogP contribution in [0.2, 0.25) is 0 Å². The van der Waals surface area contributed by atoms with E-state index in [1.165, 1.54) is 0 Å². The lowest BCUT2D eigenvalue weighted by atomic mass is 10.4. The number of nitrogens with zero attached hydrogens (tertiary/aromatic N) is 2. The fourth-order valence-corrected chi connectivity index (χ4v) is 2.37. The van der Waals surface area contributed by atoms with Crippen LogP contribution in [0, 0.1) is 0 Å². The number of thiazole rings is 1. The molecule has 0 aliphatic rings. The molecule has 0 saturated heterocycles. The minimum absolute atomic E-state index is 0.293. The smallest absolute Gasteiger partial charge is 0.352 e. The van der Waals surface area contributed by atoms with Gasteiger partial charge in [-0.15, -0.1) is 11.3 Å². The summed E-state index contributed by atoms with van der Waals surface area (Å²) in [6, 6.07) is 1.68. The van der Waals surface area contributed by atoms with E-state index in [9.17, 15) is 4.79 Å². The molecule has 0 amide bonds. The van der Waals surface area contributed by atoms with Crippen molar-refractivity contribution in [1.82, 2.24) is 9.55 Å². The van der Waals surface area contributed by atoms with E-state index in [4.69, 9.17) is 5.11 Å². The number of aromatic carboxylic acids is 1. The monoisotopic (exact) mass is 210 g/mol. The second-order valence-electron chi connectivity index (χ2n) is 3.04. The summed E-state index contributed by atoms with van der Waals surface area (Å²) in [7, 11) is 1.73. The first-order chi connectivity index (χ1) is 6.63. The lowest BCUT2D eigenvalue weighted by Gasteiger charge is -1.95. The Bertz CT molecular complexity index is 498. The lowest BCUT2D eigenvalue weighted by molar-refractivity contribution is 0.0687. The van der Waals surface area contributed by atoms with Gasteiger partial charge >= 0.3 is 5.97 Å². The van der Waals surface area contributed by atoms with Gasteiger partial charge in [0.1, 0.15) is 5.69 Å². The van der Waals surface area contributed by atoms with Crippen molar-refractivity contribution in [3.8, 4) is 0 Å². The standard InChI is InChI=1S/C9H10N2O2S/c1-3-7-10-8-6(14-7)4-5(9(12)13)11(8)2/h4H,3H2,1-2H3,(H,12,13). The Kier molecular flexibility index (Phi) is 2.03. The van der Waals surface area contributed by atoms with Crippen molar-refractivity contribution in [3.63, 3.8) is 0 Å². The summed E-state index contributed by atoms with van der Waals surface area (Å²) < 4.78 is 2.56. The molecule has 0 aliphatic carbocycles. The third-order valence-electron chi connectivity index (χ3n) is 2.15. The third-order valence-corrected chi connectivity index (χ3v) is 3.28. The topological polar surface area (TPSA) is 55.1 Å². The molecule has 0 spiro atoms. The fraction of sp³-hybridized carbons (Fsp3) is 0.333. The number of aryl methyl sites for hydroxylation is 2. The van der Waals surface area contributed by atoms with Gasteiger partial charge in [0.15, 0.2) is 5.65 Å². The number of rotatable bonds is 2. The SMILES string of the molecule is CCc1nc2c(cc(C(=O)O)n2C)s1. The molecular formula is C9H10N2O2S. The summed E-state index contributed by atoms with van der Waals surface area (Å²) >= 11 is 1.55. The van der Waals surface area contributed by atoms with Crippen LogP contribution in [0.5, 0.6) is 0 Å². The van der Waals surface area contributed by atoms with Crippen molar-refractivity contribution < 1.29 is 9.90 Å². The molecular weight excluding hydrogens is 200 g/mol. The highest BCUT2D eigenvalue weighted by molar-refractivity contribution is 7.18. The first kappa shape index (κ1) is 9.21. The van der Waals surface area contributed by atoms with Crippen LogP contribution in [-0.4, -0.2) is 20.6 Å². The second kappa shape index (κ2) is 3.09. The van der Waals surface area contributed by atoms with Crippen LogP contribution in [0.1, 0.15) is 22.4 Å². The van der Waals surface area contributed by atoms with Crippen molar-refractivity contribution in [2.24, 2.45) is 7.05 Å². The molecule has 5 heteroatoms. The Morgan fingerprint density at radius 3 is 2.93 bits per heavy atom. The number of hydrogen-bond acceptors (Lipinski definition) is 3. The van der Waals surface area contributed by atoms with E-state index >= 15 is 0 Å². The summed E-state index contributed by atoms with van der Waals surface area (Å²) in [5.41, 5.74) is 1.06. The maximum absolute atomic E-state index is 10.8. The number of aromatic nitrogens is 2. The molecule has 4 nitrogen and oxygen atoms in total. The Balaban J connectivity index is 2.66. The van der Waals surface area contributed by atoms with E-state index in [1.54, 1.807) is 29.0 Å². The summed E-state index contributed by atoms with van der Waals surface area (Å²) in [5, 5.41) is 9.91. The van der Waals surface area contributed by atoms with Gasteiger partial charge in [-0.2, -0.15) is 0 Å². The number of hydrogen-bond donors (Lipinski definition) is 1. The highest BCUT2D eigenvalue weighted by Gasteiger charge is 2.14. The highest BCUT2D eigenvalue weighted by Crippen LogP contribution is 2.25. The van der Waals surface area contributed by atoms with Gasteiger partial charge in [0, 0.05) is 7.05 Å². The van der Waals surface area contributed by atoms with Crippen LogP contribution < -0.4 is 0 Å². The van der Waals surface area contributed by atoms with Crippen LogP contribution in [0.4, 0.5) is 0 Å². The van der Waals surface area contributed by atoms with Gasteiger partial charge < -0.3 is 9.67 Å². The quantitative estimate of drug-likeness (QED) is 0.823. The molecule has 74 valence electrons. The Morgan fingerprint density at radius 2 is 2.43 bits per heavy atom. The Morgan fingerprint density at radius 1 is 1.71 bits per heavy atom. The predicted molar refractivity (Wildman–Crippen MR) is 54.9 cm³/mol. The maximum Gasteiger partial charge on any atom is 0.352 e. The Hall–Kier alpha value is -1.36. The van der Waals surface area contributed by atoms with Gasteiger partial charge in [0.05, 0.1) is 9.71 Å². The van der Waals surface area contributed by atoms with E-state index in [2.05, 4.69) is 4.98 Å². The molecule has 0 unspecified atom stereocenters. The van der Waals surface area contributed by atoms with Gasteiger partial charge in [-0.3, -0.25) is 0 Å². The molecule has 0 fully saturated rings. The van der Waals surface area contributed by atoms with E-state index in [0.29, 0.717) is 5.69 Å². The van der Waals surface area contributed by atoms with Gasteiger partial charge in [-0.1, -0.05) is 6.92 Å². The first-order valence-corrected chi connectivity index (χ1v) is 5.13. The van der Waals surface area contributed by atoms with E-state index in [1.807, 2.05) is 6.92 Å². The molecule has 14 heavy (non-hydrogen) atoms. The lowest BCUT2D eigenvalue weighted by Crippen LogP contribution is -2.04. The third kappa shape index (κ3) is 1.21. The molecule has 2 heterocycles. The molecule has 0 bridgehead atoms. The Labute approximate surface area is 84.8 Å². The molecule has 0 radical (unpaired) electrons. The molecule has 0 aliphatic heterocycles. The van der Waals surface area contributed by atoms with Gasteiger partial charge in [0.2, 0.25) is 0 Å². The number of carbonyl (C=O) groups is 1. The van der Waals surface area contributed by atoms with Gasteiger partial charge in [-0.05, 0) is 12.5 Å². The molecule has 2 rings (SSSR count).